The summed E-state index contributed by atoms with van der Waals surface area (Å²) in [6, 6.07) is 2.93. The van der Waals surface area contributed by atoms with Crippen molar-refractivity contribution in [3.63, 3.8) is 0 Å². The molecular weight excluding hydrogens is 233 g/mol. The largest absolute Gasteiger partial charge is 1.00 e. The number of hydrogen-bond acceptors (Lipinski definition) is 5. The predicted octanol–water partition coefficient (Wildman–Crippen LogP) is -2.02. The van der Waals surface area contributed by atoms with Crippen molar-refractivity contribution in [1.82, 2.24) is 4.98 Å². The topological polar surface area (TPSA) is 101 Å². The number of nitrogens with zero attached hydrogens (tertiary/aromatic N) is 3. The third kappa shape index (κ3) is 5.80. The summed E-state index contributed by atoms with van der Waals surface area (Å²) < 4.78 is 36.0. The molecule has 1 aromatic heterocycles. The molecule has 0 radical (unpaired) electrons. The molecule has 1 rings (SSSR count). The molecule has 0 spiro atoms. The second kappa shape index (κ2) is 6.13. The van der Waals surface area contributed by atoms with Crippen molar-refractivity contribution in [1.29, 1.82) is 0 Å². The summed E-state index contributed by atoms with van der Waals surface area (Å²) in [4.78, 5) is 3.75. The van der Waals surface area contributed by atoms with E-state index in [-0.39, 0.29) is 35.2 Å². The predicted molar refractivity (Wildman–Crippen MR) is 46.9 cm³/mol. The van der Waals surface area contributed by atoms with E-state index in [1.807, 2.05) is 0 Å². The van der Waals surface area contributed by atoms with Crippen molar-refractivity contribution in [3.8, 4) is 5.88 Å². The van der Waals surface area contributed by atoms with E-state index in [0.29, 0.717) is 5.88 Å². The zero-order valence-electron chi connectivity index (χ0n) is 8.15. The fourth-order valence-electron chi connectivity index (χ4n) is 0.651. The first-order chi connectivity index (χ1) is 6.51. The van der Waals surface area contributed by atoms with Crippen LogP contribution in [0.5, 0.6) is 5.88 Å². The summed E-state index contributed by atoms with van der Waals surface area (Å²) in [5.41, 5.74) is 0.198. The molecule has 1 heterocycles. The zero-order chi connectivity index (χ0) is 10.6. The summed E-state index contributed by atoms with van der Waals surface area (Å²) in [5, 5.41) is 3.22. The van der Waals surface area contributed by atoms with E-state index in [1.165, 1.54) is 25.4 Å². The summed E-state index contributed by atoms with van der Waals surface area (Å²) >= 11 is 0. The van der Waals surface area contributed by atoms with Crippen molar-refractivity contribution in [2.24, 2.45) is 9.63 Å². The maximum absolute atomic E-state index is 10.2. The smallest absolute Gasteiger partial charge is 0.481 e. The Morgan fingerprint density at radius 2 is 2.13 bits per heavy atom. The molecule has 0 aliphatic rings. The molecule has 1 N–H and O–H groups in total. The fourth-order valence-corrected chi connectivity index (χ4v) is 0.849. The van der Waals surface area contributed by atoms with E-state index in [1.54, 1.807) is 0 Å². The average molecular weight is 240 g/mol. The number of rotatable bonds is 3. The van der Waals surface area contributed by atoms with Crippen LogP contribution in [0.25, 0.3) is 0 Å². The Morgan fingerprint density at radius 1 is 1.47 bits per heavy atom. The van der Waals surface area contributed by atoms with Crippen LogP contribution in [-0.4, -0.2) is 25.1 Å². The van der Waals surface area contributed by atoms with Crippen molar-refractivity contribution >= 4 is 16.0 Å². The van der Waals surface area contributed by atoms with E-state index in [2.05, 4.69) is 14.6 Å². The van der Waals surface area contributed by atoms with E-state index in [4.69, 9.17) is 9.29 Å². The van der Waals surface area contributed by atoms with Crippen molar-refractivity contribution in [2.75, 3.05) is 7.11 Å². The van der Waals surface area contributed by atoms with Crippen LogP contribution in [0.15, 0.2) is 28.0 Å². The summed E-state index contributed by atoms with van der Waals surface area (Å²) in [7, 11) is -2.99. The Labute approximate surface area is 109 Å². The first-order valence-corrected chi connectivity index (χ1v) is 4.81. The van der Waals surface area contributed by atoms with Crippen LogP contribution in [0, 0.1) is 0 Å². The summed E-state index contributed by atoms with van der Waals surface area (Å²) in [6.07, 6.45) is 1.26. The molecule has 0 atom stereocenters. The zero-order valence-corrected chi connectivity index (χ0v) is 11.0. The van der Waals surface area contributed by atoms with Gasteiger partial charge in [-0.25, -0.2) is 4.98 Å². The van der Waals surface area contributed by atoms with Gasteiger partial charge in [-0.05, 0) is 10.6 Å². The second-order valence-electron chi connectivity index (χ2n) is 2.19. The summed E-state index contributed by atoms with van der Waals surface area (Å²) in [5.74, 6) is 0.371. The minimum Gasteiger partial charge on any atom is -0.481 e. The van der Waals surface area contributed by atoms with Gasteiger partial charge in [-0.2, -0.15) is 8.42 Å². The molecule has 76 valence electrons. The monoisotopic (exact) mass is 240 g/mol. The van der Waals surface area contributed by atoms with Gasteiger partial charge >= 0.3 is 39.9 Å². The van der Waals surface area contributed by atoms with Gasteiger partial charge in [-0.3, -0.25) is 4.55 Å². The van der Waals surface area contributed by atoms with Crippen LogP contribution in [-0.2, 0) is 10.3 Å². The Bertz CT molecular complexity index is 430. The molecule has 0 aliphatic carbocycles. The van der Waals surface area contributed by atoms with E-state index < -0.39 is 10.3 Å². The summed E-state index contributed by atoms with van der Waals surface area (Å²) in [6.45, 7) is 0. The number of methoxy groups -OCH3 is 1. The van der Waals surface area contributed by atoms with Crippen molar-refractivity contribution in [2.45, 2.75) is 0 Å². The molecule has 0 amide bonds. The quantitative estimate of drug-likeness (QED) is 0.373. The van der Waals surface area contributed by atoms with Gasteiger partial charge in [-0.15, -0.1) is 5.11 Å². The molecule has 0 unspecified atom stereocenters. The van der Waals surface area contributed by atoms with E-state index in [0.717, 1.165) is 0 Å². The molecule has 0 saturated heterocycles. The van der Waals surface area contributed by atoms with E-state index in [9.17, 15) is 8.42 Å². The SMILES string of the molecule is COc1ccc(N=NS(=O)(=O)O)cn1.[Na+]. The van der Waals surface area contributed by atoms with Gasteiger partial charge < -0.3 is 4.74 Å². The third-order valence-electron chi connectivity index (χ3n) is 1.19. The molecule has 0 fully saturated rings. The van der Waals surface area contributed by atoms with Gasteiger partial charge in [0.1, 0.15) is 5.69 Å². The van der Waals surface area contributed by atoms with Crippen LogP contribution < -0.4 is 34.3 Å². The van der Waals surface area contributed by atoms with Crippen LogP contribution in [0.4, 0.5) is 5.69 Å². The fraction of sp³-hybridized carbons (Fsp3) is 0.167. The first kappa shape index (κ1) is 14.5. The van der Waals surface area contributed by atoms with Gasteiger partial charge in [0.25, 0.3) is 0 Å². The molecule has 0 bridgehead atoms. The van der Waals surface area contributed by atoms with Crippen LogP contribution in [0.1, 0.15) is 0 Å². The van der Waals surface area contributed by atoms with Crippen molar-refractivity contribution < 1.29 is 47.3 Å². The van der Waals surface area contributed by atoms with Gasteiger partial charge in [-0.1, -0.05) is 0 Å². The van der Waals surface area contributed by atoms with Crippen LogP contribution >= 0.6 is 0 Å². The number of pyridine rings is 1. The second-order valence-corrected chi connectivity index (χ2v) is 3.25. The minimum atomic E-state index is -4.44. The molecule has 15 heavy (non-hydrogen) atoms. The van der Waals surface area contributed by atoms with E-state index >= 15 is 0 Å². The molecule has 7 nitrogen and oxygen atoms in total. The molecule has 1 aromatic rings. The minimum absolute atomic E-state index is 0. The number of ether oxygens (including phenoxy) is 1. The average Bonchev–Trinajstić information content (AvgIpc) is 2.14. The third-order valence-corrected chi connectivity index (χ3v) is 1.48. The Hall–Kier alpha value is -0.540. The van der Waals surface area contributed by atoms with Gasteiger partial charge in [0, 0.05) is 6.07 Å². The first-order valence-electron chi connectivity index (χ1n) is 3.42. The Balaban J connectivity index is 0.00000196. The number of hydrogen-bond donors (Lipinski definition) is 1. The Morgan fingerprint density at radius 3 is 2.53 bits per heavy atom. The van der Waals surface area contributed by atoms with Gasteiger partial charge in [0.15, 0.2) is 0 Å². The van der Waals surface area contributed by atoms with Crippen LogP contribution in [0.3, 0.4) is 0 Å². The molecular formula is C6H7N3NaO4S+. The molecule has 0 aromatic carbocycles. The molecule has 0 aliphatic heterocycles. The van der Waals surface area contributed by atoms with Gasteiger partial charge in [0.2, 0.25) is 5.88 Å². The number of aromatic nitrogens is 1. The van der Waals surface area contributed by atoms with Gasteiger partial charge in [0.05, 0.1) is 13.3 Å². The van der Waals surface area contributed by atoms with Crippen molar-refractivity contribution in [3.05, 3.63) is 18.3 Å². The normalized spacial score (nSPS) is 11.1. The maximum atomic E-state index is 10.2. The Kier molecular flexibility index (Phi) is 5.91. The van der Waals surface area contributed by atoms with Crippen LogP contribution in [0.2, 0.25) is 0 Å². The molecule has 9 heteroatoms. The standard InChI is InChI=1S/C6H7N3O4S.Na/c1-13-6-3-2-5(4-7-6)8-9-14(10,11)12;/h2-4H,1H3,(H,10,11,12);/q;+1. The molecule has 0 saturated carbocycles. The maximum Gasteiger partial charge on any atom is 1.00 e.